The van der Waals surface area contributed by atoms with Crippen molar-refractivity contribution in [3.05, 3.63) is 47.9 Å². The summed E-state index contributed by atoms with van der Waals surface area (Å²) in [6.45, 7) is 3.60. The van der Waals surface area contributed by atoms with E-state index in [0.717, 1.165) is 11.0 Å². The maximum absolute atomic E-state index is 12.1. The fourth-order valence-electron chi connectivity index (χ4n) is 2.41. The Kier molecular flexibility index (Phi) is 5.62. The quantitative estimate of drug-likeness (QED) is 0.660. The summed E-state index contributed by atoms with van der Waals surface area (Å²) in [7, 11) is 0. The van der Waals surface area contributed by atoms with Gasteiger partial charge in [0.05, 0.1) is 17.5 Å². The van der Waals surface area contributed by atoms with Gasteiger partial charge in [0.25, 0.3) is 0 Å². The van der Waals surface area contributed by atoms with Crippen molar-refractivity contribution in [2.24, 2.45) is 0 Å². The number of benzene rings is 1. The van der Waals surface area contributed by atoms with Crippen LogP contribution in [0.2, 0.25) is 0 Å². The molecule has 0 bridgehead atoms. The molecule has 3 aromatic rings. The zero-order chi connectivity index (χ0) is 18.5. The first-order chi connectivity index (χ1) is 12.5. The Hall–Kier alpha value is -2.74. The molecule has 1 aromatic carbocycles. The molecule has 0 saturated heterocycles. The third-order valence-electron chi connectivity index (χ3n) is 3.61. The van der Waals surface area contributed by atoms with Crippen LogP contribution < -0.4 is 10.6 Å². The molecular weight excluding hydrogens is 354 g/mol. The number of anilines is 1. The van der Waals surface area contributed by atoms with Crippen molar-refractivity contribution in [3.63, 3.8) is 0 Å². The summed E-state index contributed by atoms with van der Waals surface area (Å²) in [6.07, 6.45) is 0. The second-order valence-corrected chi connectivity index (χ2v) is 6.83. The highest BCUT2D eigenvalue weighted by Gasteiger charge is 2.15. The van der Waals surface area contributed by atoms with Crippen molar-refractivity contribution >= 4 is 40.4 Å². The minimum Gasteiger partial charge on any atom is -0.459 e. The van der Waals surface area contributed by atoms with E-state index in [1.807, 2.05) is 37.3 Å². The number of aromatic nitrogens is 1. The highest BCUT2D eigenvalue weighted by molar-refractivity contribution is 8.00. The van der Waals surface area contributed by atoms with E-state index in [1.165, 1.54) is 11.8 Å². The first-order valence-electron chi connectivity index (χ1n) is 8.10. The number of thioether (sulfide) groups is 1. The molecular formula is C18H19N3O4S. The molecule has 0 aliphatic carbocycles. The fourth-order valence-corrected chi connectivity index (χ4v) is 3.04. The molecule has 136 valence electrons. The first-order valence-corrected chi connectivity index (χ1v) is 9.25. The zero-order valence-electron chi connectivity index (χ0n) is 14.4. The molecule has 0 radical (unpaired) electrons. The number of nitrogens with one attached hydrogen (secondary N) is 2. The second-order valence-electron chi connectivity index (χ2n) is 5.84. The molecule has 0 aliphatic rings. The third-order valence-corrected chi connectivity index (χ3v) is 4.54. The summed E-state index contributed by atoms with van der Waals surface area (Å²) < 4.78 is 10.6. The molecule has 0 spiro atoms. The molecule has 0 saturated carbocycles. The maximum Gasteiger partial charge on any atom is 0.235 e. The Morgan fingerprint density at radius 1 is 1.19 bits per heavy atom. The van der Waals surface area contributed by atoms with Gasteiger partial charge >= 0.3 is 0 Å². The highest BCUT2D eigenvalue weighted by Crippen LogP contribution is 2.23. The lowest BCUT2D eigenvalue weighted by atomic mass is 10.2. The van der Waals surface area contributed by atoms with Gasteiger partial charge in [-0.1, -0.05) is 23.4 Å². The van der Waals surface area contributed by atoms with Crippen LogP contribution in [-0.4, -0.2) is 28.5 Å². The number of carbonyl (C=O) groups is 2. The van der Waals surface area contributed by atoms with Crippen LogP contribution in [0.15, 0.2) is 45.3 Å². The van der Waals surface area contributed by atoms with Crippen molar-refractivity contribution in [2.45, 2.75) is 19.9 Å². The smallest absolute Gasteiger partial charge is 0.235 e. The van der Waals surface area contributed by atoms with Gasteiger partial charge in [0.15, 0.2) is 5.82 Å². The minimum atomic E-state index is -0.248. The summed E-state index contributed by atoms with van der Waals surface area (Å²) in [6, 6.07) is 11.0. The standard InChI is InChI=1S/C18H19N3O4S/c1-11-7-16(21-25-11)20-18(23)10-26-9-17(22)19-12(2)15-8-13-5-3-4-6-14(13)24-15/h3-8,12H,9-10H2,1-2H3,(H,19,22)(H,20,21,23). The Bertz CT molecular complexity index is 885. The summed E-state index contributed by atoms with van der Waals surface area (Å²) in [5.74, 6) is 1.62. The molecule has 0 fully saturated rings. The average molecular weight is 373 g/mol. The first kappa shape index (κ1) is 18.1. The lowest BCUT2D eigenvalue weighted by Gasteiger charge is -2.11. The predicted octanol–water partition coefficient (Wildman–Crippen LogP) is 3.28. The summed E-state index contributed by atoms with van der Waals surface area (Å²) in [4.78, 5) is 23.8. The van der Waals surface area contributed by atoms with Crippen molar-refractivity contribution in [2.75, 3.05) is 16.8 Å². The maximum atomic E-state index is 12.1. The normalized spacial score (nSPS) is 12.1. The van der Waals surface area contributed by atoms with Gasteiger partial charge in [-0.25, -0.2) is 0 Å². The van der Waals surface area contributed by atoms with Crippen LogP contribution in [0, 0.1) is 6.92 Å². The number of furan rings is 1. The molecule has 1 unspecified atom stereocenters. The molecule has 1 atom stereocenters. The summed E-state index contributed by atoms with van der Waals surface area (Å²) in [5.41, 5.74) is 0.790. The van der Waals surface area contributed by atoms with Gasteiger partial charge in [0.1, 0.15) is 17.1 Å². The van der Waals surface area contributed by atoms with Crippen molar-refractivity contribution in [3.8, 4) is 0 Å². The van der Waals surface area contributed by atoms with E-state index in [-0.39, 0.29) is 29.4 Å². The van der Waals surface area contributed by atoms with Crippen LogP contribution in [0.1, 0.15) is 24.5 Å². The van der Waals surface area contributed by atoms with Gasteiger partial charge in [0, 0.05) is 11.5 Å². The number of hydrogen-bond acceptors (Lipinski definition) is 6. The highest BCUT2D eigenvalue weighted by atomic mass is 32.2. The number of rotatable bonds is 7. The van der Waals surface area contributed by atoms with E-state index in [4.69, 9.17) is 8.94 Å². The van der Waals surface area contributed by atoms with E-state index in [1.54, 1.807) is 13.0 Å². The summed E-state index contributed by atoms with van der Waals surface area (Å²) >= 11 is 1.22. The van der Waals surface area contributed by atoms with Crippen LogP contribution in [0.4, 0.5) is 5.82 Å². The lowest BCUT2D eigenvalue weighted by Crippen LogP contribution is -2.28. The molecule has 2 aromatic heterocycles. The monoisotopic (exact) mass is 373 g/mol. The number of carbonyl (C=O) groups excluding carboxylic acids is 2. The number of aryl methyl sites for hydroxylation is 1. The van der Waals surface area contributed by atoms with Crippen LogP contribution in [0.25, 0.3) is 11.0 Å². The number of nitrogens with zero attached hydrogens (tertiary/aromatic N) is 1. The zero-order valence-corrected chi connectivity index (χ0v) is 15.3. The second kappa shape index (κ2) is 8.09. The molecule has 8 heteroatoms. The molecule has 0 aliphatic heterocycles. The molecule has 2 heterocycles. The largest absolute Gasteiger partial charge is 0.459 e. The van der Waals surface area contributed by atoms with Gasteiger partial charge in [-0.2, -0.15) is 0 Å². The van der Waals surface area contributed by atoms with E-state index >= 15 is 0 Å². The summed E-state index contributed by atoms with van der Waals surface area (Å²) in [5, 5.41) is 10.2. The SMILES string of the molecule is Cc1cc(NC(=O)CSCC(=O)NC(C)c2cc3ccccc3o2)no1. The topological polar surface area (TPSA) is 97.4 Å². The van der Waals surface area contributed by atoms with Crippen LogP contribution >= 0.6 is 11.8 Å². The van der Waals surface area contributed by atoms with Gasteiger partial charge in [-0.15, -0.1) is 11.8 Å². The van der Waals surface area contributed by atoms with Crippen LogP contribution in [0.3, 0.4) is 0 Å². The van der Waals surface area contributed by atoms with Gasteiger partial charge in [0.2, 0.25) is 11.8 Å². The molecule has 2 N–H and O–H groups in total. The molecule has 26 heavy (non-hydrogen) atoms. The molecule has 2 amide bonds. The van der Waals surface area contributed by atoms with Crippen molar-refractivity contribution in [1.82, 2.24) is 10.5 Å². The minimum absolute atomic E-state index is 0.151. The Morgan fingerprint density at radius 3 is 2.69 bits per heavy atom. The third kappa shape index (κ3) is 4.66. The number of para-hydroxylation sites is 1. The number of hydrogen-bond donors (Lipinski definition) is 2. The van der Waals surface area contributed by atoms with Crippen molar-refractivity contribution in [1.29, 1.82) is 0 Å². The van der Waals surface area contributed by atoms with Gasteiger partial charge < -0.3 is 19.6 Å². The van der Waals surface area contributed by atoms with Crippen LogP contribution in [0.5, 0.6) is 0 Å². The lowest BCUT2D eigenvalue weighted by molar-refractivity contribution is -0.119. The number of amides is 2. The average Bonchev–Trinajstić information content (AvgIpc) is 3.20. The van der Waals surface area contributed by atoms with Crippen molar-refractivity contribution < 1.29 is 18.5 Å². The number of fused-ring (bicyclic) bond motifs is 1. The fraction of sp³-hybridized carbons (Fsp3) is 0.278. The molecule has 7 nitrogen and oxygen atoms in total. The predicted molar refractivity (Wildman–Crippen MR) is 100.0 cm³/mol. The van der Waals surface area contributed by atoms with Gasteiger partial charge in [-0.05, 0) is 26.0 Å². The van der Waals surface area contributed by atoms with E-state index in [0.29, 0.717) is 17.3 Å². The van der Waals surface area contributed by atoms with E-state index < -0.39 is 0 Å². The Morgan fingerprint density at radius 2 is 1.96 bits per heavy atom. The molecule has 3 rings (SSSR count). The Labute approximate surface area is 154 Å². The van der Waals surface area contributed by atoms with E-state index in [9.17, 15) is 9.59 Å². The Balaban J connectivity index is 1.42. The van der Waals surface area contributed by atoms with Gasteiger partial charge in [-0.3, -0.25) is 9.59 Å². The van der Waals surface area contributed by atoms with E-state index in [2.05, 4.69) is 15.8 Å². The van der Waals surface area contributed by atoms with Crippen LogP contribution in [-0.2, 0) is 9.59 Å².